The molecule has 0 spiro atoms. The summed E-state index contributed by atoms with van der Waals surface area (Å²) >= 11 is 0. The number of nitrogens with zero attached hydrogens (tertiary/aromatic N) is 1. The number of anilines is 2. The van der Waals surface area contributed by atoms with Crippen LogP contribution in [0.1, 0.15) is 30.9 Å². The Morgan fingerprint density at radius 1 is 1.04 bits per heavy atom. The van der Waals surface area contributed by atoms with E-state index in [1.165, 1.54) is 12.8 Å². The van der Waals surface area contributed by atoms with Crippen LogP contribution in [-0.2, 0) is 0 Å². The molecule has 5 nitrogen and oxygen atoms in total. The van der Waals surface area contributed by atoms with E-state index in [0.29, 0.717) is 13.0 Å². The number of aliphatic hydroxyl groups excluding tert-OH is 1. The minimum Gasteiger partial charge on any atom is -0.388 e. The number of nitrogens with one attached hydrogen (secondary N) is 2. The molecule has 25 heavy (non-hydrogen) atoms. The fourth-order valence-electron chi connectivity index (χ4n) is 3.14. The average Bonchev–Trinajstić information content (AvgIpc) is 3.17. The molecule has 1 fully saturated rings. The molecule has 1 aliphatic rings. The molecular formula is C20H25N3O2. The van der Waals surface area contributed by atoms with Crippen LogP contribution in [0.3, 0.4) is 0 Å². The molecule has 0 aliphatic carbocycles. The molecule has 0 bridgehead atoms. The van der Waals surface area contributed by atoms with Gasteiger partial charge in [0.15, 0.2) is 0 Å². The van der Waals surface area contributed by atoms with Gasteiger partial charge in [0.25, 0.3) is 0 Å². The molecule has 2 aromatic carbocycles. The number of benzene rings is 2. The maximum atomic E-state index is 12.2. The number of urea groups is 1. The Morgan fingerprint density at radius 2 is 1.72 bits per heavy atom. The average molecular weight is 339 g/mol. The maximum Gasteiger partial charge on any atom is 0.319 e. The lowest BCUT2D eigenvalue weighted by atomic mass is 10.1. The largest absolute Gasteiger partial charge is 0.388 e. The van der Waals surface area contributed by atoms with Gasteiger partial charge in [0, 0.05) is 19.6 Å². The number of para-hydroxylation sites is 2. The van der Waals surface area contributed by atoms with Crippen LogP contribution in [0.5, 0.6) is 0 Å². The maximum absolute atomic E-state index is 12.2. The van der Waals surface area contributed by atoms with E-state index >= 15 is 0 Å². The molecule has 1 atom stereocenters. The minimum atomic E-state index is -0.571. The predicted octanol–water partition coefficient (Wildman–Crippen LogP) is 3.53. The van der Waals surface area contributed by atoms with Gasteiger partial charge < -0.3 is 20.6 Å². The first-order valence-corrected chi connectivity index (χ1v) is 8.86. The van der Waals surface area contributed by atoms with Crippen molar-refractivity contribution >= 4 is 17.4 Å². The number of carbonyl (C=O) groups is 1. The number of rotatable bonds is 6. The summed E-state index contributed by atoms with van der Waals surface area (Å²) in [5, 5.41) is 15.9. The van der Waals surface area contributed by atoms with Crippen LogP contribution in [0, 0.1) is 0 Å². The number of aliphatic hydroxyl groups is 1. The van der Waals surface area contributed by atoms with Gasteiger partial charge in [-0.1, -0.05) is 42.5 Å². The van der Waals surface area contributed by atoms with Gasteiger partial charge in [0.1, 0.15) is 0 Å². The fraction of sp³-hybridized carbons (Fsp3) is 0.350. The highest BCUT2D eigenvalue weighted by Gasteiger charge is 2.16. The van der Waals surface area contributed by atoms with E-state index in [4.69, 9.17) is 0 Å². The van der Waals surface area contributed by atoms with Gasteiger partial charge in [0.2, 0.25) is 0 Å². The molecule has 2 aromatic rings. The Labute approximate surface area is 148 Å². The quantitative estimate of drug-likeness (QED) is 0.754. The number of hydrogen-bond donors (Lipinski definition) is 3. The lowest BCUT2D eigenvalue weighted by molar-refractivity contribution is 0.167. The molecule has 3 N–H and O–H groups in total. The van der Waals surface area contributed by atoms with Crippen LogP contribution < -0.4 is 15.5 Å². The highest BCUT2D eigenvalue weighted by Crippen LogP contribution is 2.28. The molecule has 1 unspecified atom stereocenters. The molecule has 1 aliphatic heterocycles. The summed E-state index contributed by atoms with van der Waals surface area (Å²) in [6, 6.07) is 17.1. The molecule has 2 amide bonds. The smallest absolute Gasteiger partial charge is 0.319 e. The van der Waals surface area contributed by atoms with Gasteiger partial charge in [-0.3, -0.25) is 0 Å². The second kappa shape index (κ2) is 8.53. The Hall–Kier alpha value is -2.53. The van der Waals surface area contributed by atoms with Crippen molar-refractivity contribution in [3.05, 3.63) is 60.2 Å². The molecule has 132 valence electrons. The highest BCUT2D eigenvalue weighted by atomic mass is 16.3. The van der Waals surface area contributed by atoms with E-state index in [9.17, 15) is 9.90 Å². The van der Waals surface area contributed by atoms with Gasteiger partial charge in [-0.25, -0.2) is 4.79 Å². The van der Waals surface area contributed by atoms with E-state index in [-0.39, 0.29) is 6.03 Å². The van der Waals surface area contributed by atoms with E-state index < -0.39 is 6.10 Å². The van der Waals surface area contributed by atoms with Gasteiger partial charge >= 0.3 is 6.03 Å². The second-order valence-electron chi connectivity index (χ2n) is 6.31. The van der Waals surface area contributed by atoms with Gasteiger partial charge in [-0.15, -0.1) is 0 Å². The van der Waals surface area contributed by atoms with Crippen LogP contribution in [-0.4, -0.2) is 30.8 Å². The molecule has 1 saturated heterocycles. The van der Waals surface area contributed by atoms with E-state index in [2.05, 4.69) is 15.5 Å². The first kappa shape index (κ1) is 17.3. The zero-order chi connectivity index (χ0) is 17.5. The Kier molecular flexibility index (Phi) is 5.90. The van der Waals surface area contributed by atoms with E-state index in [0.717, 1.165) is 30.0 Å². The summed E-state index contributed by atoms with van der Waals surface area (Å²) in [5.41, 5.74) is 2.76. The summed E-state index contributed by atoms with van der Waals surface area (Å²) in [4.78, 5) is 14.5. The van der Waals surface area contributed by atoms with Crippen LogP contribution in [0.25, 0.3) is 0 Å². The van der Waals surface area contributed by atoms with Crippen molar-refractivity contribution in [2.75, 3.05) is 29.9 Å². The lowest BCUT2D eigenvalue weighted by Crippen LogP contribution is -2.31. The Balaban J connectivity index is 1.50. The number of amides is 2. The summed E-state index contributed by atoms with van der Waals surface area (Å²) in [7, 11) is 0. The molecular weight excluding hydrogens is 314 g/mol. The Morgan fingerprint density at radius 3 is 2.48 bits per heavy atom. The van der Waals surface area contributed by atoms with Crippen LogP contribution in [0.4, 0.5) is 16.2 Å². The summed E-state index contributed by atoms with van der Waals surface area (Å²) < 4.78 is 0. The van der Waals surface area contributed by atoms with E-state index in [1.807, 2.05) is 54.6 Å². The first-order valence-electron chi connectivity index (χ1n) is 8.86. The molecule has 0 aromatic heterocycles. The Bertz CT molecular complexity index is 684. The van der Waals surface area contributed by atoms with Crippen LogP contribution in [0.2, 0.25) is 0 Å². The second-order valence-corrected chi connectivity index (χ2v) is 6.31. The first-order chi connectivity index (χ1) is 12.2. The van der Waals surface area contributed by atoms with Crippen LogP contribution >= 0.6 is 0 Å². The summed E-state index contributed by atoms with van der Waals surface area (Å²) in [6.07, 6.45) is 2.29. The summed E-state index contributed by atoms with van der Waals surface area (Å²) in [5.74, 6) is 0. The number of carbonyl (C=O) groups excluding carboxylic acids is 1. The third-order valence-electron chi connectivity index (χ3n) is 4.49. The van der Waals surface area contributed by atoms with Crippen molar-refractivity contribution in [2.45, 2.75) is 25.4 Å². The van der Waals surface area contributed by atoms with Crippen molar-refractivity contribution in [3.63, 3.8) is 0 Å². The van der Waals surface area contributed by atoms with E-state index in [1.54, 1.807) is 0 Å². The zero-order valence-electron chi connectivity index (χ0n) is 14.3. The van der Waals surface area contributed by atoms with Crippen molar-refractivity contribution < 1.29 is 9.90 Å². The standard InChI is InChI=1S/C20H25N3O2/c24-19(16-8-2-1-3-9-16)12-13-21-20(25)22-17-10-4-5-11-18(17)23-14-6-7-15-23/h1-5,8-11,19,24H,6-7,12-15H2,(H2,21,22,25). The monoisotopic (exact) mass is 339 g/mol. The molecule has 3 rings (SSSR count). The van der Waals surface area contributed by atoms with Gasteiger partial charge in [0.05, 0.1) is 17.5 Å². The minimum absolute atomic E-state index is 0.244. The topological polar surface area (TPSA) is 64.6 Å². The summed E-state index contributed by atoms with van der Waals surface area (Å²) in [6.45, 7) is 2.47. The molecule has 5 heteroatoms. The predicted molar refractivity (Wildman–Crippen MR) is 101 cm³/mol. The fourth-order valence-corrected chi connectivity index (χ4v) is 3.14. The third-order valence-corrected chi connectivity index (χ3v) is 4.49. The van der Waals surface area contributed by atoms with Crippen molar-refractivity contribution in [2.24, 2.45) is 0 Å². The zero-order valence-corrected chi connectivity index (χ0v) is 14.3. The van der Waals surface area contributed by atoms with Crippen LogP contribution in [0.15, 0.2) is 54.6 Å². The van der Waals surface area contributed by atoms with Gasteiger partial charge in [-0.05, 0) is 37.0 Å². The normalized spacial score (nSPS) is 15.0. The van der Waals surface area contributed by atoms with Crippen molar-refractivity contribution in [1.82, 2.24) is 5.32 Å². The molecule has 0 saturated carbocycles. The highest BCUT2D eigenvalue weighted by molar-refractivity contribution is 5.93. The molecule has 1 heterocycles. The van der Waals surface area contributed by atoms with Crippen molar-refractivity contribution in [1.29, 1.82) is 0 Å². The van der Waals surface area contributed by atoms with Gasteiger partial charge in [-0.2, -0.15) is 0 Å². The number of hydrogen-bond acceptors (Lipinski definition) is 3. The molecule has 0 radical (unpaired) electrons. The SMILES string of the molecule is O=C(NCCC(O)c1ccccc1)Nc1ccccc1N1CCCC1. The lowest BCUT2D eigenvalue weighted by Gasteiger charge is -2.21. The van der Waals surface area contributed by atoms with Crippen molar-refractivity contribution in [3.8, 4) is 0 Å². The third kappa shape index (κ3) is 4.73.